The topological polar surface area (TPSA) is 52.6 Å². The van der Waals surface area contributed by atoms with Crippen LogP contribution in [0.1, 0.15) is 31.7 Å². The highest BCUT2D eigenvalue weighted by Crippen LogP contribution is 2.20. The van der Waals surface area contributed by atoms with Gasteiger partial charge in [0.1, 0.15) is 0 Å². The highest BCUT2D eigenvalue weighted by molar-refractivity contribution is 5.96. The quantitative estimate of drug-likeness (QED) is 0.868. The fourth-order valence-electron chi connectivity index (χ4n) is 2.35. The van der Waals surface area contributed by atoms with Crippen molar-refractivity contribution in [2.45, 2.75) is 38.3 Å². The van der Waals surface area contributed by atoms with Crippen LogP contribution in [0.4, 0.5) is 5.69 Å². The maximum atomic E-state index is 12.3. The summed E-state index contributed by atoms with van der Waals surface area (Å²) in [7, 11) is 1.78. The van der Waals surface area contributed by atoms with Crippen molar-refractivity contribution in [2.75, 3.05) is 18.5 Å². The molecule has 0 aromatic heterocycles. The summed E-state index contributed by atoms with van der Waals surface area (Å²) in [5.41, 5.74) is 2.15. The zero-order chi connectivity index (χ0) is 14.0. The SMILES string of the molecule is CC(C)c1ccc(N(C)C(=O)C2CC(O)CN2)cc1. The van der Waals surface area contributed by atoms with Gasteiger partial charge in [-0.15, -0.1) is 0 Å². The molecule has 0 aliphatic carbocycles. The number of hydrogen-bond acceptors (Lipinski definition) is 3. The molecule has 1 aliphatic heterocycles. The fraction of sp³-hybridized carbons (Fsp3) is 0.533. The number of β-amino-alcohol motifs (C(OH)–C–C–N with tert-alkyl or cyclic N) is 1. The van der Waals surface area contributed by atoms with Gasteiger partial charge in [0.15, 0.2) is 0 Å². The van der Waals surface area contributed by atoms with E-state index in [9.17, 15) is 9.90 Å². The minimum absolute atomic E-state index is 0.00819. The zero-order valence-corrected chi connectivity index (χ0v) is 11.8. The average molecular weight is 262 g/mol. The van der Waals surface area contributed by atoms with E-state index in [0.717, 1.165) is 5.69 Å². The molecular weight excluding hydrogens is 240 g/mol. The Morgan fingerprint density at radius 3 is 2.47 bits per heavy atom. The second kappa shape index (κ2) is 5.72. The van der Waals surface area contributed by atoms with Crippen LogP contribution in [0.25, 0.3) is 0 Å². The van der Waals surface area contributed by atoms with Crippen LogP contribution in [0.3, 0.4) is 0 Å². The molecule has 19 heavy (non-hydrogen) atoms. The van der Waals surface area contributed by atoms with Crippen molar-refractivity contribution in [1.29, 1.82) is 0 Å². The lowest BCUT2D eigenvalue weighted by atomic mass is 10.0. The summed E-state index contributed by atoms with van der Waals surface area (Å²) >= 11 is 0. The molecule has 4 nitrogen and oxygen atoms in total. The molecular formula is C15H22N2O2. The average Bonchev–Trinajstić information content (AvgIpc) is 2.84. The second-order valence-electron chi connectivity index (χ2n) is 5.49. The first-order chi connectivity index (χ1) is 8.99. The van der Waals surface area contributed by atoms with E-state index < -0.39 is 6.10 Å². The summed E-state index contributed by atoms with van der Waals surface area (Å²) in [6.07, 6.45) is 0.0819. The van der Waals surface area contributed by atoms with Gasteiger partial charge in [-0.2, -0.15) is 0 Å². The van der Waals surface area contributed by atoms with Gasteiger partial charge in [0, 0.05) is 19.3 Å². The molecule has 2 N–H and O–H groups in total. The molecule has 2 unspecified atom stereocenters. The summed E-state index contributed by atoms with van der Waals surface area (Å²) in [6, 6.07) is 7.78. The molecule has 0 bridgehead atoms. The fourth-order valence-corrected chi connectivity index (χ4v) is 2.35. The highest BCUT2D eigenvalue weighted by Gasteiger charge is 2.30. The van der Waals surface area contributed by atoms with Gasteiger partial charge in [0.05, 0.1) is 12.1 Å². The van der Waals surface area contributed by atoms with Crippen molar-refractivity contribution >= 4 is 11.6 Å². The van der Waals surface area contributed by atoms with Gasteiger partial charge in [-0.05, 0) is 30.0 Å². The van der Waals surface area contributed by atoms with Gasteiger partial charge in [0.25, 0.3) is 0 Å². The molecule has 1 aliphatic rings. The van der Waals surface area contributed by atoms with E-state index in [4.69, 9.17) is 0 Å². The van der Waals surface area contributed by atoms with Crippen molar-refractivity contribution in [1.82, 2.24) is 5.32 Å². The van der Waals surface area contributed by atoms with Crippen LogP contribution in [-0.2, 0) is 4.79 Å². The smallest absolute Gasteiger partial charge is 0.243 e. The first-order valence-corrected chi connectivity index (χ1v) is 6.78. The first kappa shape index (κ1) is 14.0. The molecule has 1 heterocycles. The van der Waals surface area contributed by atoms with Crippen LogP contribution in [0, 0.1) is 0 Å². The number of amides is 1. The van der Waals surface area contributed by atoms with Crippen LogP contribution >= 0.6 is 0 Å². The Labute approximate surface area is 114 Å². The zero-order valence-electron chi connectivity index (χ0n) is 11.8. The second-order valence-corrected chi connectivity index (χ2v) is 5.49. The molecule has 1 amide bonds. The number of carbonyl (C=O) groups is 1. The molecule has 1 aromatic carbocycles. The lowest BCUT2D eigenvalue weighted by Gasteiger charge is -2.21. The van der Waals surface area contributed by atoms with E-state index in [-0.39, 0.29) is 11.9 Å². The Kier molecular flexibility index (Phi) is 4.22. The standard InChI is InChI=1S/C15H22N2O2/c1-10(2)11-4-6-12(7-5-11)17(3)15(19)14-8-13(18)9-16-14/h4-7,10,13-14,16,18H,8-9H2,1-3H3. The minimum Gasteiger partial charge on any atom is -0.392 e. The molecule has 0 spiro atoms. The number of aliphatic hydroxyl groups excluding tert-OH is 1. The van der Waals surface area contributed by atoms with Gasteiger partial charge >= 0.3 is 0 Å². The van der Waals surface area contributed by atoms with Crippen LogP contribution in [-0.4, -0.2) is 36.8 Å². The monoisotopic (exact) mass is 262 g/mol. The molecule has 1 aromatic rings. The van der Waals surface area contributed by atoms with E-state index in [1.54, 1.807) is 11.9 Å². The molecule has 1 fully saturated rings. The maximum absolute atomic E-state index is 12.3. The minimum atomic E-state index is -0.411. The number of likely N-dealkylation sites (N-methyl/N-ethyl adjacent to an activating group) is 1. The van der Waals surface area contributed by atoms with Gasteiger partial charge < -0.3 is 15.3 Å². The Morgan fingerprint density at radius 2 is 2.00 bits per heavy atom. The van der Waals surface area contributed by atoms with E-state index in [2.05, 4.69) is 31.3 Å². The summed E-state index contributed by atoms with van der Waals surface area (Å²) in [6.45, 7) is 4.79. The van der Waals surface area contributed by atoms with E-state index in [1.165, 1.54) is 5.56 Å². The van der Waals surface area contributed by atoms with Crippen LogP contribution < -0.4 is 10.2 Å². The number of aliphatic hydroxyl groups is 1. The molecule has 2 atom stereocenters. The third-order valence-corrected chi connectivity index (χ3v) is 3.68. The van der Waals surface area contributed by atoms with Gasteiger partial charge in [-0.3, -0.25) is 4.79 Å². The third-order valence-electron chi connectivity index (χ3n) is 3.68. The predicted octanol–water partition coefficient (Wildman–Crippen LogP) is 1.50. The van der Waals surface area contributed by atoms with Crippen LogP contribution in [0.2, 0.25) is 0 Å². The molecule has 104 valence electrons. The van der Waals surface area contributed by atoms with Gasteiger partial charge in [-0.1, -0.05) is 26.0 Å². The lowest BCUT2D eigenvalue weighted by molar-refractivity contribution is -0.120. The van der Waals surface area contributed by atoms with E-state index >= 15 is 0 Å². The van der Waals surface area contributed by atoms with Crippen LogP contribution in [0.5, 0.6) is 0 Å². The number of rotatable bonds is 3. The number of carbonyl (C=O) groups excluding carboxylic acids is 1. The lowest BCUT2D eigenvalue weighted by Crippen LogP contribution is -2.41. The Hall–Kier alpha value is -1.39. The normalized spacial score (nSPS) is 22.8. The van der Waals surface area contributed by atoms with E-state index in [1.807, 2.05) is 12.1 Å². The molecule has 0 radical (unpaired) electrons. The summed E-state index contributed by atoms with van der Waals surface area (Å²) in [4.78, 5) is 13.9. The van der Waals surface area contributed by atoms with Crippen molar-refractivity contribution in [3.05, 3.63) is 29.8 Å². The third kappa shape index (κ3) is 3.14. The van der Waals surface area contributed by atoms with E-state index in [0.29, 0.717) is 18.9 Å². The van der Waals surface area contributed by atoms with Crippen molar-refractivity contribution in [3.63, 3.8) is 0 Å². The number of hydrogen-bond donors (Lipinski definition) is 2. The van der Waals surface area contributed by atoms with Crippen molar-refractivity contribution < 1.29 is 9.90 Å². The largest absolute Gasteiger partial charge is 0.392 e. The number of nitrogens with one attached hydrogen (secondary N) is 1. The number of benzene rings is 1. The highest BCUT2D eigenvalue weighted by atomic mass is 16.3. The Morgan fingerprint density at radius 1 is 1.37 bits per heavy atom. The molecule has 4 heteroatoms. The van der Waals surface area contributed by atoms with Crippen LogP contribution in [0.15, 0.2) is 24.3 Å². The predicted molar refractivity (Wildman–Crippen MR) is 76.4 cm³/mol. The maximum Gasteiger partial charge on any atom is 0.243 e. The number of anilines is 1. The molecule has 0 saturated carbocycles. The van der Waals surface area contributed by atoms with Crippen molar-refractivity contribution in [3.8, 4) is 0 Å². The Balaban J connectivity index is 2.06. The summed E-state index contributed by atoms with van der Waals surface area (Å²) < 4.78 is 0. The van der Waals surface area contributed by atoms with Crippen molar-refractivity contribution in [2.24, 2.45) is 0 Å². The summed E-state index contributed by atoms with van der Waals surface area (Å²) in [5.74, 6) is 0.496. The van der Waals surface area contributed by atoms with Gasteiger partial charge in [-0.25, -0.2) is 0 Å². The summed E-state index contributed by atoms with van der Waals surface area (Å²) in [5, 5.41) is 12.5. The van der Waals surface area contributed by atoms with Gasteiger partial charge in [0.2, 0.25) is 5.91 Å². The Bertz CT molecular complexity index is 442. The first-order valence-electron chi connectivity index (χ1n) is 6.78. The molecule has 1 saturated heterocycles. The number of nitrogens with zero attached hydrogens (tertiary/aromatic N) is 1. The molecule has 2 rings (SSSR count).